The van der Waals surface area contributed by atoms with E-state index < -0.39 is 11.2 Å². The number of imidazole rings is 1. The summed E-state index contributed by atoms with van der Waals surface area (Å²) in [5.41, 5.74) is 4.72. The molecule has 0 bridgehead atoms. The van der Waals surface area contributed by atoms with Crippen molar-refractivity contribution in [2.45, 2.75) is 110 Å². The summed E-state index contributed by atoms with van der Waals surface area (Å²) < 4.78 is 3.23. The molecular formula is C30H46N6O2. The van der Waals surface area contributed by atoms with E-state index in [0.717, 1.165) is 24.1 Å². The van der Waals surface area contributed by atoms with Gasteiger partial charge in [-0.15, -0.1) is 0 Å². The second kappa shape index (κ2) is 15.9. The molecule has 0 aliphatic carbocycles. The van der Waals surface area contributed by atoms with E-state index in [0.29, 0.717) is 23.7 Å². The molecule has 0 fully saturated rings. The number of nitrogens with zero attached hydrogens (tertiary/aromatic N) is 4. The van der Waals surface area contributed by atoms with Crippen LogP contribution < -0.4 is 16.7 Å². The van der Waals surface area contributed by atoms with Gasteiger partial charge in [-0.05, 0) is 18.9 Å². The highest BCUT2D eigenvalue weighted by Gasteiger charge is 2.17. The molecule has 0 unspecified atom stereocenters. The number of anilines is 1. The van der Waals surface area contributed by atoms with E-state index in [1.54, 1.807) is 7.05 Å². The van der Waals surface area contributed by atoms with Crippen LogP contribution in [-0.2, 0) is 13.6 Å². The van der Waals surface area contributed by atoms with Crippen molar-refractivity contribution in [1.82, 2.24) is 19.1 Å². The predicted octanol–water partition coefficient (Wildman–Crippen LogP) is 6.74. The van der Waals surface area contributed by atoms with E-state index in [2.05, 4.69) is 27.4 Å². The van der Waals surface area contributed by atoms with Crippen LogP contribution in [0.25, 0.3) is 11.2 Å². The Labute approximate surface area is 226 Å². The number of aromatic amines is 1. The van der Waals surface area contributed by atoms with E-state index in [1.807, 2.05) is 41.8 Å². The summed E-state index contributed by atoms with van der Waals surface area (Å²) in [4.78, 5) is 31.8. The maximum atomic E-state index is 12.7. The number of benzene rings is 1. The first-order valence-electron chi connectivity index (χ1n) is 14.6. The van der Waals surface area contributed by atoms with Crippen molar-refractivity contribution in [3.05, 3.63) is 56.7 Å². The Hall–Kier alpha value is -3.16. The van der Waals surface area contributed by atoms with Crippen LogP contribution >= 0.6 is 0 Å². The Morgan fingerprint density at radius 3 is 2.00 bits per heavy atom. The van der Waals surface area contributed by atoms with Crippen LogP contribution in [0.1, 0.15) is 109 Å². The highest BCUT2D eigenvalue weighted by molar-refractivity contribution is 5.99. The highest BCUT2D eigenvalue weighted by atomic mass is 16.2. The minimum atomic E-state index is -0.473. The smallest absolute Gasteiger partial charge is 0.303 e. The normalized spacial score (nSPS) is 11.9. The Kier molecular flexibility index (Phi) is 12.3. The molecular weight excluding hydrogens is 476 g/mol. The number of nitrogens with one attached hydrogen (secondary N) is 2. The standard InChI is InChI=1S/C30H46N6O2/c1-4-5-6-7-8-9-10-11-12-13-14-15-16-20-23-36-26-27(35(3)30(38)32-28(26)37)31-29(36)34-33-24(2)25-21-18-17-19-22-25/h17-19,21-22H,4-16,20,23H2,1-3H3,(H,31,34)(H,32,37,38)/b33-24+. The van der Waals surface area contributed by atoms with Gasteiger partial charge in [-0.2, -0.15) is 10.1 Å². The summed E-state index contributed by atoms with van der Waals surface area (Å²) in [5.74, 6) is 0.469. The molecule has 0 aliphatic rings. The van der Waals surface area contributed by atoms with Gasteiger partial charge in [0.1, 0.15) is 0 Å². The molecule has 3 aromatic rings. The Bertz CT molecular complexity index is 1260. The van der Waals surface area contributed by atoms with Gasteiger partial charge in [-0.1, -0.05) is 121 Å². The first-order chi connectivity index (χ1) is 18.5. The molecule has 1 aromatic carbocycles. The summed E-state index contributed by atoms with van der Waals surface area (Å²) >= 11 is 0. The first-order valence-corrected chi connectivity index (χ1v) is 14.6. The number of H-pyrrole nitrogens is 1. The quantitative estimate of drug-likeness (QED) is 0.110. The van der Waals surface area contributed by atoms with Crippen molar-refractivity contribution in [3.63, 3.8) is 0 Å². The summed E-state index contributed by atoms with van der Waals surface area (Å²) in [6.07, 6.45) is 18.1. The van der Waals surface area contributed by atoms with Gasteiger partial charge in [0.05, 0.1) is 5.71 Å². The summed E-state index contributed by atoms with van der Waals surface area (Å²) in [6, 6.07) is 9.88. The van der Waals surface area contributed by atoms with Gasteiger partial charge < -0.3 is 4.57 Å². The molecule has 2 heterocycles. The molecule has 0 saturated heterocycles. The lowest BCUT2D eigenvalue weighted by molar-refractivity contribution is 0.526. The lowest BCUT2D eigenvalue weighted by Crippen LogP contribution is -2.29. The topological polar surface area (TPSA) is 97.1 Å². The Morgan fingerprint density at radius 1 is 0.868 bits per heavy atom. The fourth-order valence-corrected chi connectivity index (χ4v) is 4.88. The largest absolute Gasteiger partial charge is 0.329 e. The molecule has 0 aliphatic heterocycles. The maximum Gasteiger partial charge on any atom is 0.329 e. The second-order valence-corrected chi connectivity index (χ2v) is 10.3. The van der Waals surface area contributed by atoms with Gasteiger partial charge in [-0.25, -0.2) is 10.2 Å². The molecule has 0 atom stereocenters. The second-order valence-electron chi connectivity index (χ2n) is 10.3. The number of hydrogen-bond acceptors (Lipinski definition) is 5. The van der Waals surface area contributed by atoms with Gasteiger partial charge in [0.15, 0.2) is 11.2 Å². The lowest BCUT2D eigenvalue weighted by Gasteiger charge is -2.09. The zero-order valence-corrected chi connectivity index (χ0v) is 23.6. The SMILES string of the molecule is CCCCCCCCCCCCCCCCn1c(N/N=C(\C)c2ccccc2)nc2c1c(=O)[nH]c(=O)n2C. The van der Waals surface area contributed by atoms with Gasteiger partial charge in [0.25, 0.3) is 5.56 Å². The first kappa shape index (κ1) is 29.4. The average Bonchev–Trinajstić information content (AvgIpc) is 3.30. The van der Waals surface area contributed by atoms with E-state index >= 15 is 0 Å². The van der Waals surface area contributed by atoms with Crippen LogP contribution in [0.4, 0.5) is 5.95 Å². The molecule has 0 amide bonds. The van der Waals surface area contributed by atoms with Crippen molar-refractivity contribution >= 4 is 22.8 Å². The fourth-order valence-electron chi connectivity index (χ4n) is 4.88. The van der Waals surface area contributed by atoms with Gasteiger partial charge in [0, 0.05) is 13.6 Å². The lowest BCUT2D eigenvalue weighted by atomic mass is 10.0. The minimum absolute atomic E-state index is 0.360. The molecule has 8 heteroatoms. The van der Waals surface area contributed by atoms with Crippen molar-refractivity contribution in [1.29, 1.82) is 0 Å². The Morgan fingerprint density at radius 2 is 1.42 bits per heavy atom. The Balaban J connectivity index is 1.50. The van der Waals surface area contributed by atoms with Gasteiger partial charge in [0.2, 0.25) is 5.95 Å². The van der Waals surface area contributed by atoms with Crippen LogP contribution in [0.5, 0.6) is 0 Å². The summed E-state index contributed by atoms with van der Waals surface area (Å²) in [7, 11) is 1.62. The van der Waals surface area contributed by atoms with Gasteiger partial charge in [-0.3, -0.25) is 14.3 Å². The molecule has 0 saturated carbocycles. The van der Waals surface area contributed by atoms with Gasteiger partial charge >= 0.3 is 5.69 Å². The number of hydrogen-bond donors (Lipinski definition) is 2. The minimum Gasteiger partial charge on any atom is -0.303 e. The third-order valence-corrected chi connectivity index (χ3v) is 7.26. The number of hydrazone groups is 1. The molecule has 208 valence electrons. The van der Waals surface area contributed by atoms with Crippen LogP contribution in [-0.4, -0.2) is 24.8 Å². The van der Waals surface area contributed by atoms with E-state index in [9.17, 15) is 9.59 Å². The molecule has 0 radical (unpaired) electrons. The monoisotopic (exact) mass is 522 g/mol. The zero-order valence-electron chi connectivity index (χ0n) is 23.6. The molecule has 8 nitrogen and oxygen atoms in total. The van der Waals surface area contributed by atoms with Crippen molar-refractivity contribution in [2.75, 3.05) is 5.43 Å². The fraction of sp³-hybridized carbons (Fsp3) is 0.600. The molecule has 0 spiro atoms. The number of aromatic nitrogens is 4. The number of aryl methyl sites for hydroxylation is 2. The van der Waals surface area contributed by atoms with E-state index in [-0.39, 0.29) is 0 Å². The van der Waals surface area contributed by atoms with E-state index in [4.69, 9.17) is 0 Å². The third kappa shape index (κ3) is 8.71. The predicted molar refractivity (Wildman–Crippen MR) is 158 cm³/mol. The molecule has 3 rings (SSSR count). The summed E-state index contributed by atoms with van der Waals surface area (Å²) in [6.45, 7) is 4.83. The van der Waals surface area contributed by atoms with Crippen molar-refractivity contribution < 1.29 is 0 Å². The van der Waals surface area contributed by atoms with Crippen LogP contribution in [0.2, 0.25) is 0 Å². The molecule has 2 N–H and O–H groups in total. The number of fused-ring (bicyclic) bond motifs is 1. The molecule has 2 aromatic heterocycles. The number of unbranched alkanes of at least 4 members (excludes halogenated alkanes) is 13. The van der Waals surface area contributed by atoms with E-state index in [1.165, 1.54) is 81.6 Å². The van der Waals surface area contributed by atoms with Crippen molar-refractivity contribution in [2.24, 2.45) is 12.1 Å². The summed E-state index contributed by atoms with van der Waals surface area (Å²) in [5, 5.41) is 4.50. The average molecular weight is 523 g/mol. The highest BCUT2D eigenvalue weighted by Crippen LogP contribution is 2.18. The maximum absolute atomic E-state index is 12.7. The van der Waals surface area contributed by atoms with Crippen LogP contribution in [0.3, 0.4) is 0 Å². The third-order valence-electron chi connectivity index (χ3n) is 7.26. The van der Waals surface area contributed by atoms with Crippen LogP contribution in [0.15, 0.2) is 45.0 Å². The molecule has 38 heavy (non-hydrogen) atoms. The van der Waals surface area contributed by atoms with Crippen molar-refractivity contribution in [3.8, 4) is 0 Å². The number of rotatable bonds is 18. The zero-order chi connectivity index (χ0) is 27.2. The van der Waals surface area contributed by atoms with Crippen LogP contribution in [0, 0.1) is 0 Å².